The van der Waals surface area contributed by atoms with Crippen molar-refractivity contribution in [3.63, 3.8) is 0 Å². The van der Waals surface area contributed by atoms with E-state index >= 15 is 0 Å². The first-order valence-corrected chi connectivity index (χ1v) is 9.98. The molecule has 1 aromatic heterocycles. The Balaban J connectivity index is 1.53. The molecule has 0 radical (unpaired) electrons. The Morgan fingerprint density at radius 2 is 2.00 bits per heavy atom. The van der Waals surface area contributed by atoms with Gasteiger partial charge in [0.05, 0.1) is 25.9 Å². The lowest BCUT2D eigenvalue weighted by atomic mass is 9.81. The maximum absolute atomic E-state index is 13.3. The van der Waals surface area contributed by atoms with E-state index in [0.717, 1.165) is 32.1 Å². The van der Waals surface area contributed by atoms with E-state index in [1.807, 2.05) is 0 Å². The van der Waals surface area contributed by atoms with Gasteiger partial charge in [0.1, 0.15) is 11.7 Å². The lowest BCUT2D eigenvalue weighted by molar-refractivity contribution is -0.125. The van der Waals surface area contributed by atoms with Gasteiger partial charge in [-0.25, -0.2) is 14.4 Å². The van der Waals surface area contributed by atoms with E-state index in [9.17, 15) is 14.0 Å². The van der Waals surface area contributed by atoms with Gasteiger partial charge in [0.25, 0.3) is 11.8 Å². The van der Waals surface area contributed by atoms with Gasteiger partial charge >= 0.3 is 0 Å². The number of nitrogens with one attached hydrogen (secondary N) is 1. The summed E-state index contributed by atoms with van der Waals surface area (Å²) >= 11 is 0. The summed E-state index contributed by atoms with van der Waals surface area (Å²) in [6.07, 6.45) is 6.42. The Hall–Kier alpha value is -2.45. The second-order valence-electron chi connectivity index (χ2n) is 8.10. The molecule has 28 heavy (non-hydrogen) atoms. The van der Waals surface area contributed by atoms with E-state index in [1.54, 1.807) is 4.90 Å². The molecule has 0 atom stereocenters. The van der Waals surface area contributed by atoms with Crippen LogP contribution < -0.4 is 20.7 Å². The Bertz CT molecular complexity index is 758. The van der Waals surface area contributed by atoms with Gasteiger partial charge in [0.15, 0.2) is 11.5 Å². The molecule has 3 fully saturated rings. The number of halogens is 1. The standard InChI is InChI=1S/C19H26FN5O3/c20-13-9-25(10-13)15-17(28-11-12-4-5-12)23-14(8-22-15)16(26)24-19(18(21)27)6-2-1-3-7-19/h8,12-13H,1-7,9-11H2,(H2,21,27)(H,24,26). The third-order valence-electron chi connectivity index (χ3n) is 5.78. The fourth-order valence-corrected chi connectivity index (χ4v) is 3.74. The third-order valence-corrected chi connectivity index (χ3v) is 5.78. The highest BCUT2D eigenvalue weighted by atomic mass is 19.1. The van der Waals surface area contributed by atoms with Crippen LogP contribution >= 0.6 is 0 Å². The van der Waals surface area contributed by atoms with E-state index in [-0.39, 0.29) is 24.7 Å². The first-order chi connectivity index (χ1) is 13.5. The summed E-state index contributed by atoms with van der Waals surface area (Å²) in [5.41, 5.74) is 4.62. The van der Waals surface area contributed by atoms with Gasteiger partial charge in [-0.05, 0) is 31.6 Å². The molecule has 1 aromatic rings. The molecule has 2 saturated carbocycles. The van der Waals surface area contributed by atoms with Gasteiger partial charge in [0, 0.05) is 0 Å². The van der Waals surface area contributed by atoms with E-state index in [2.05, 4.69) is 15.3 Å². The molecule has 8 nitrogen and oxygen atoms in total. The minimum Gasteiger partial charge on any atom is -0.475 e. The number of hydrogen-bond acceptors (Lipinski definition) is 6. The van der Waals surface area contributed by atoms with Crippen molar-refractivity contribution in [1.82, 2.24) is 15.3 Å². The lowest BCUT2D eigenvalue weighted by Crippen LogP contribution is -2.58. The molecule has 3 aliphatic rings. The number of nitrogens with two attached hydrogens (primary N) is 1. The number of alkyl halides is 1. The van der Waals surface area contributed by atoms with Crippen LogP contribution in [-0.2, 0) is 4.79 Å². The summed E-state index contributed by atoms with van der Waals surface area (Å²) in [5.74, 6) is 0.169. The van der Waals surface area contributed by atoms with Crippen LogP contribution in [-0.4, -0.2) is 53.2 Å². The van der Waals surface area contributed by atoms with Crippen LogP contribution in [0.1, 0.15) is 55.4 Å². The Labute approximate surface area is 163 Å². The van der Waals surface area contributed by atoms with Gasteiger partial charge in [-0.15, -0.1) is 0 Å². The molecule has 1 saturated heterocycles. The molecule has 0 spiro atoms. The molecule has 0 bridgehead atoms. The Morgan fingerprint density at radius 3 is 2.61 bits per heavy atom. The quantitative estimate of drug-likeness (QED) is 0.726. The zero-order valence-corrected chi connectivity index (χ0v) is 15.8. The average Bonchev–Trinajstić information content (AvgIpc) is 3.49. The lowest BCUT2D eigenvalue weighted by Gasteiger charge is -2.36. The normalized spacial score (nSPS) is 21.7. The van der Waals surface area contributed by atoms with E-state index in [4.69, 9.17) is 10.5 Å². The van der Waals surface area contributed by atoms with Crippen LogP contribution in [0.4, 0.5) is 10.2 Å². The number of aromatic nitrogens is 2. The van der Waals surface area contributed by atoms with Crippen LogP contribution in [0.15, 0.2) is 6.20 Å². The topological polar surface area (TPSA) is 110 Å². The largest absolute Gasteiger partial charge is 0.475 e. The second kappa shape index (κ2) is 7.52. The monoisotopic (exact) mass is 391 g/mol. The maximum atomic E-state index is 13.3. The smallest absolute Gasteiger partial charge is 0.272 e. The molecule has 2 aliphatic carbocycles. The molecule has 1 aliphatic heterocycles. The number of rotatable bonds is 7. The molecular weight excluding hydrogens is 365 g/mol. The summed E-state index contributed by atoms with van der Waals surface area (Å²) < 4.78 is 19.1. The molecule has 4 rings (SSSR count). The van der Waals surface area contributed by atoms with Gasteiger partial charge in [0.2, 0.25) is 5.91 Å². The third kappa shape index (κ3) is 3.88. The molecule has 152 valence electrons. The van der Waals surface area contributed by atoms with E-state index in [1.165, 1.54) is 6.20 Å². The average molecular weight is 391 g/mol. The predicted octanol–water partition coefficient (Wildman–Crippen LogP) is 1.34. The van der Waals surface area contributed by atoms with Crippen LogP contribution in [0, 0.1) is 5.92 Å². The number of carbonyl (C=O) groups is 2. The number of anilines is 1. The van der Waals surface area contributed by atoms with Gasteiger partial charge in [-0.2, -0.15) is 0 Å². The van der Waals surface area contributed by atoms with Crippen LogP contribution in [0.25, 0.3) is 0 Å². The summed E-state index contributed by atoms with van der Waals surface area (Å²) in [7, 11) is 0. The predicted molar refractivity (Wildman–Crippen MR) is 99.8 cm³/mol. The van der Waals surface area contributed by atoms with Crippen molar-refractivity contribution < 1.29 is 18.7 Å². The van der Waals surface area contributed by atoms with Crippen molar-refractivity contribution in [2.45, 2.75) is 56.7 Å². The van der Waals surface area contributed by atoms with E-state index in [0.29, 0.717) is 31.2 Å². The number of amides is 2. The minimum atomic E-state index is -1.04. The molecule has 2 heterocycles. The van der Waals surface area contributed by atoms with Crippen LogP contribution in [0.3, 0.4) is 0 Å². The van der Waals surface area contributed by atoms with Crippen LogP contribution in [0.2, 0.25) is 0 Å². The Morgan fingerprint density at radius 1 is 1.29 bits per heavy atom. The summed E-state index contributed by atoms with van der Waals surface area (Å²) in [6, 6.07) is 0. The van der Waals surface area contributed by atoms with Gasteiger partial charge in [-0.1, -0.05) is 19.3 Å². The molecule has 2 amide bonds. The number of ether oxygens (including phenoxy) is 1. The number of nitrogens with zero attached hydrogens (tertiary/aromatic N) is 3. The number of carbonyl (C=O) groups excluding carboxylic acids is 2. The summed E-state index contributed by atoms with van der Waals surface area (Å²) in [5, 5.41) is 2.79. The highest BCUT2D eigenvalue weighted by Crippen LogP contribution is 2.33. The highest BCUT2D eigenvalue weighted by Gasteiger charge is 2.40. The molecule has 3 N–H and O–H groups in total. The second-order valence-corrected chi connectivity index (χ2v) is 8.10. The number of primary amides is 1. The van der Waals surface area contributed by atoms with Crippen molar-refractivity contribution in [2.24, 2.45) is 11.7 Å². The van der Waals surface area contributed by atoms with Crippen molar-refractivity contribution >= 4 is 17.6 Å². The SMILES string of the molecule is NC(=O)C1(NC(=O)c2cnc(N3CC(F)C3)c(OCC3CC3)n2)CCCCC1. The molecule has 0 unspecified atom stereocenters. The first-order valence-electron chi connectivity index (χ1n) is 9.98. The molecular formula is C19H26FN5O3. The van der Waals surface area contributed by atoms with Crippen molar-refractivity contribution in [3.05, 3.63) is 11.9 Å². The first kappa shape index (κ1) is 18.9. The fourth-order valence-electron chi connectivity index (χ4n) is 3.74. The zero-order chi connectivity index (χ0) is 19.7. The number of hydrogen-bond donors (Lipinski definition) is 2. The Kier molecular flexibility index (Phi) is 5.07. The van der Waals surface area contributed by atoms with Gasteiger partial charge < -0.3 is 20.7 Å². The summed E-state index contributed by atoms with van der Waals surface area (Å²) in [6.45, 7) is 0.987. The van der Waals surface area contributed by atoms with E-state index < -0.39 is 23.5 Å². The van der Waals surface area contributed by atoms with Crippen molar-refractivity contribution in [2.75, 3.05) is 24.6 Å². The minimum absolute atomic E-state index is 0.0677. The van der Waals surface area contributed by atoms with Crippen LogP contribution in [0.5, 0.6) is 5.88 Å². The maximum Gasteiger partial charge on any atom is 0.272 e. The van der Waals surface area contributed by atoms with Crippen molar-refractivity contribution in [3.8, 4) is 5.88 Å². The molecule has 9 heteroatoms. The summed E-state index contributed by atoms with van der Waals surface area (Å²) in [4.78, 5) is 35.2. The fraction of sp³-hybridized carbons (Fsp3) is 0.684. The van der Waals surface area contributed by atoms with Gasteiger partial charge in [-0.3, -0.25) is 9.59 Å². The zero-order valence-electron chi connectivity index (χ0n) is 15.8. The highest BCUT2D eigenvalue weighted by molar-refractivity contribution is 5.97. The van der Waals surface area contributed by atoms with Crippen molar-refractivity contribution in [1.29, 1.82) is 0 Å². The molecule has 0 aromatic carbocycles.